The van der Waals surface area contributed by atoms with E-state index in [-0.39, 0.29) is 18.4 Å². The van der Waals surface area contributed by atoms with Gasteiger partial charge in [-0.15, -0.1) is 0 Å². The van der Waals surface area contributed by atoms with Crippen molar-refractivity contribution >= 4 is 23.1 Å². The number of aryl methyl sites for hydroxylation is 2. The molecule has 0 saturated carbocycles. The van der Waals surface area contributed by atoms with Gasteiger partial charge in [0.1, 0.15) is 5.70 Å². The van der Waals surface area contributed by atoms with Gasteiger partial charge in [0, 0.05) is 18.1 Å². The molecule has 2 amide bonds. The molecule has 5 heteroatoms. The Hall–Kier alpha value is -3.73. The summed E-state index contributed by atoms with van der Waals surface area (Å²) < 4.78 is 0. The van der Waals surface area contributed by atoms with Crippen molar-refractivity contribution in [3.05, 3.63) is 101 Å². The van der Waals surface area contributed by atoms with Gasteiger partial charge in [0.05, 0.1) is 12.1 Å². The summed E-state index contributed by atoms with van der Waals surface area (Å²) in [5, 5.41) is 3.24. The van der Waals surface area contributed by atoms with Gasteiger partial charge < -0.3 is 5.32 Å². The van der Waals surface area contributed by atoms with Crippen molar-refractivity contribution in [3.8, 4) is 0 Å². The molecule has 0 atom stereocenters. The molecule has 3 aromatic rings. The van der Waals surface area contributed by atoms with Crippen molar-refractivity contribution in [1.29, 1.82) is 0 Å². The van der Waals surface area contributed by atoms with Gasteiger partial charge in [-0.3, -0.25) is 19.5 Å². The largest absolute Gasteiger partial charge is 0.350 e. The van der Waals surface area contributed by atoms with Crippen LogP contribution in [0.3, 0.4) is 0 Å². The third kappa shape index (κ3) is 3.67. The van der Waals surface area contributed by atoms with Gasteiger partial charge in [-0.2, -0.15) is 0 Å². The summed E-state index contributed by atoms with van der Waals surface area (Å²) in [6, 6.07) is 18.9. The predicted octanol–water partition coefficient (Wildman–Crippen LogP) is 4.09. The van der Waals surface area contributed by atoms with Crippen LogP contribution in [0.1, 0.15) is 22.3 Å². The Balaban J connectivity index is 1.75. The molecule has 144 valence electrons. The van der Waals surface area contributed by atoms with Crippen LogP contribution in [-0.2, 0) is 16.1 Å². The van der Waals surface area contributed by atoms with Gasteiger partial charge in [0.2, 0.25) is 0 Å². The number of anilines is 1. The number of carbonyl (C=O) groups excluding carboxylic acids is 2. The van der Waals surface area contributed by atoms with Crippen molar-refractivity contribution in [2.45, 2.75) is 20.4 Å². The minimum atomic E-state index is -0.328. The molecule has 1 aliphatic heterocycles. The number of rotatable bonds is 5. The van der Waals surface area contributed by atoms with Crippen molar-refractivity contribution in [2.75, 3.05) is 5.32 Å². The Morgan fingerprint density at radius 2 is 1.62 bits per heavy atom. The van der Waals surface area contributed by atoms with Crippen LogP contribution in [0.5, 0.6) is 0 Å². The zero-order valence-electron chi connectivity index (χ0n) is 16.3. The number of nitrogens with zero attached hydrogens (tertiary/aromatic N) is 2. The van der Waals surface area contributed by atoms with E-state index in [1.165, 1.54) is 4.90 Å². The van der Waals surface area contributed by atoms with Crippen molar-refractivity contribution in [3.63, 3.8) is 0 Å². The summed E-state index contributed by atoms with van der Waals surface area (Å²) in [5.74, 6) is -0.629. The molecule has 0 fully saturated rings. The quantitative estimate of drug-likeness (QED) is 0.674. The number of aromatic nitrogens is 1. The Morgan fingerprint density at radius 3 is 2.31 bits per heavy atom. The second-order valence-electron chi connectivity index (χ2n) is 7.11. The van der Waals surface area contributed by atoms with Gasteiger partial charge in [0.15, 0.2) is 0 Å². The van der Waals surface area contributed by atoms with Crippen LogP contribution in [0.2, 0.25) is 0 Å². The molecule has 0 spiro atoms. The molecular formula is C24H21N3O2. The monoisotopic (exact) mass is 383 g/mol. The Kier molecular flexibility index (Phi) is 4.96. The van der Waals surface area contributed by atoms with Crippen LogP contribution in [0.4, 0.5) is 5.69 Å². The Morgan fingerprint density at radius 1 is 0.897 bits per heavy atom. The molecule has 0 saturated heterocycles. The van der Waals surface area contributed by atoms with Crippen LogP contribution in [0.25, 0.3) is 5.57 Å². The van der Waals surface area contributed by atoms with E-state index in [0.717, 1.165) is 27.9 Å². The van der Waals surface area contributed by atoms with E-state index < -0.39 is 0 Å². The maximum atomic E-state index is 13.3. The second-order valence-corrected chi connectivity index (χ2v) is 7.11. The number of imide groups is 1. The molecule has 0 aliphatic carbocycles. The number of carbonyl (C=O) groups is 2. The molecule has 1 aliphatic rings. The molecule has 0 radical (unpaired) electrons. The molecule has 29 heavy (non-hydrogen) atoms. The van der Waals surface area contributed by atoms with Gasteiger partial charge in [-0.05, 0) is 48.7 Å². The lowest BCUT2D eigenvalue weighted by atomic mass is 10.0. The van der Waals surface area contributed by atoms with E-state index in [9.17, 15) is 9.59 Å². The fourth-order valence-electron chi connectivity index (χ4n) is 3.47. The zero-order valence-corrected chi connectivity index (χ0v) is 16.3. The Labute approximate surface area is 169 Å². The van der Waals surface area contributed by atoms with Crippen LogP contribution in [-0.4, -0.2) is 21.7 Å². The average molecular weight is 383 g/mol. The number of benzene rings is 2. The van der Waals surface area contributed by atoms with E-state index >= 15 is 0 Å². The topological polar surface area (TPSA) is 62.3 Å². The third-order valence-corrected chi connectivity index (χ3v) is 4.96. The summed E-state index contributed by atoms with van der Waals surface area (Å²) in [4.78, 5) is 31.8. The molecule has 2 heterocycles. The highest BCUT2D eigenvalue weighted by atomic mass is 16.2. The molecule has 0 unspecified atom stereocenters. The maximum absolute atomic E-state index is 13.3. The first-order valence-corrected chi connectivity index (χ1v) is 9.43. The smallest absolute Gasteiger partial charge is 0.278 e. The van der Waals surface area contributed by atoms with Crippen LogP contribution >= 0.6 is 0 Å². The molecule has 5 nitrogen and oxygen atoms in total. The lowest BCUT2D eigenvalue weighted by molar-refractivity contribution is -0.137. The number of pyridine rings is 1. The first-order chi connectivity index (χ1) is 14.0. The van der Waals surface area contributed by atoms with E-state index in [4.69, 9.17) is 0 Å². The molecule has 0 bridgehead atoms. The standard InChI is InChI=1S/C24H21N3O2/c1-16-8-9-20(17(2)14-16)26-22-21(19-6-4-3-5-7-19)23(28)27(24(22)29)15-18-10-12-25-13-11-18/h3-14,26H,15H2,1-2H3. The number of amides is 2. The first kappa shape index (κ1) is 18.6. The lowest BCUT2D eigenvalue weighted by Gasteiger charge is -2.15. The van der Waals surface area contributed by atoms with Gasteiger partial charge in [0.25, 0.3) is 11.8 Å². The number of nitrogens with one attached hydrogen (secondary N) is 1. The lowest BCUT2D eigenvalue weighted by Crippen LogP contribution is -2.32. The average Bonchev–Trinajstić information content (AvgIpc) is 2.96. The minimum absolute atomic E-state index is 0.203. The normalized spacial score (nSPS) is 13.9. The fraction of sp³-hybridized carbons (Fsp3) is 0.125. The van der Waals surface area contributed by atoms with E-state index in [1.807, 2.05) is 62.4 Å². The summed E-state index contributed by atoms with van der Waals surface area (Å²) in [6.45, 7) is 4.20. The molecule has 4 rings (SSSR count). The second kappa shape index (κ2) is 7.72. The van der Waals surface area contributed by atoms with E-state index in [1.54, 1.807) is 24.5 Å². The van der Waals surface area contributed by atoms with Gasteiger partial charge in [-0.25, -0.2) is 0 Å². The fourth-order valence-corrected chi connectivity index (χ4v) is 3.47. The summed E-state index contributed by atoms with van der Waals surface area (Å²) in [6.07, 6.45) is 3.31. The van der Waals surface area contributed by atoms with Gasteiger partial charge in [-0.1, -0.05) is 48.0 Å². The van der Waals surface area contributed by atoms with E-state index in [2.05, 4.69) is 10.3 Å². The summed E-state index contributed by atoms with van der Waals surface area (Å²) >= 11 is 0. The molecule has 2 aromatic carbocycles. The van der Waals surface area contributed by atoms with Crippen molar-refractivity contribution in [1.82, 2.24) is 9.88 Å². The van der Waals surface area contributed by atoms with Crippen molar-refractivity contribution in [2.24, 2.45) is 0 Å². The van der Waals surface area contributed by atoms with Gasteiger partial charge >= 0.3 is 0 Å². The SMILES string of the molecule is Cc1ccc(NC2=C(c3ccccc3)C(=O)N(Cc3ccncc3)C2=O)c(C)c1. The highest BCUT2D eigenvalue weighted by molar-refractivity contribution is 6.36. The maximum Gasteiger partial charge on any atom is 0.278 e. The molecule has 1 aromatic heterocycles. The number of hydrogen-bond donors (Lipinski definition) is 1. The number of hydrogen-bond acceptors (Lipinski definition) is 4. The first-order valence-electron chi connectivity index (χ1n) is 9.43. The Bertz CT molecular complexity index is 1110. The third-order valence-electron chi connectivity index (χ3n) is 4.96. The predicted molar refractivity (Wildman–Crippen MR) is 113 cm³/mol. The van der Waals surface area contributed by atoms with Crippen LogP contribution in [0, 0.1) is 13.8 Å². The van der Waals surface area contributed by atoms with E-state index in [0.29, 0.717) is 11.3 Å². The highest BCUT2D eigenvalue weighted by Crippen LogP contribution is 2.32. The van der Waals surface area contributed by atoms with Crippen molar-refractivity contribution < 1.29 is 9.59 Å². The van der Waals surface area contributed by atoms with Crippen LogP contribution < -0.4 is 5.32 Å². The highest BCUT2D eigenvalue weighted by Gasteiger charge is 2.39. The minimum Gasteiger partial charge on any atom is -0.350 e. The summed E-state index contributed by atoms with van der Waals surface area (Å²) in [5.41, 5.74) is 5.23. The zero-order chi connectivity index (χ0) is 20.4. The summed E-state index contributed by atoms with van der Waals surface area (Å²) in [7, 11) is 0. The van der Waals surface area contributed by atoms with Crippen LogP contribution in [0.15, 0.2) is 78.8 Å². The molecular weight excluding hydrogens is 362 g/mol. The molecule has 1 N–H and O–H groups in total.